The topological polar surface area (TPSA) is 73.1 Å². The first kappa shape index (κ1) is 24.2. The van der Waals surface area contributed by atoms with Crippen LogP contribution in [0.4, 0.5) is 4.39 Å². The Morgan fingerprint density at radius 2 is 1.94 bits per heavy atom. The minimum atomic E-state index is -0.460. The number of rotatable bonds is 8. The van der Waals surface area contributed by atoms with Crippen LogP contribution in [0.2, 0.25) is 0 Å². The Kier molecular flexibility index (Phi) is 7.84. The van der Waals surface area contributed by atoms with Crippen molar-refractivity contribution >= 4 is 61.6 Å². The number of amides is 1. The Balaban J connectivity index is 1.39. The second kappa shape index (κ2) is 11.0. The van der Waals surface area contributed by atoms with Gasteiger partial charge in [0.05, 0.1) is 20.9 Å². The van der Waals surface area contributed by atoms with Crippen LogP contribution in [0.5, 0.6) is 11.5 Å². The molecule has 0 unspecified atom stereocenters. The number of carbonyl (C=O) groups is 1. The van der Waals surface area contributed by atoms with Crippen molar-refractivity contribution < 1.29 is 23.1 Å². The maximum absolute atomic E-state index is 13.1. The van der Waals surface area contributed by atoms with E-state index in [0.29, 0.717) is 30.3 Å². The summed E-state index contributed by atoms with van der Waals surface area (Å²) in [6.07, 6.45) is 1.53. The molecule has 0 atom stereocenters. The van der Waals surface area contributed by atoms with E-state index in [1.165, 1.54) is 18.3 Å². The fourth-order valence-corrected chi connectivity index (χ4v) is 4.91. The Morgan fingerprint density at radius 1 is 1.15 bits per heavy atom. The molecule has 34 heavy (non-hydrogen) atoms. The number of hydrogen-bond acceptors (Lipinski definition) is 5. The van der Waals surface area contributed by atoms with Crippen LogP contribution < -0.4 is 14.9 Å². The zero-order chi connectivity index (χ0) is 24.1. The Labute approximate surface area is 217 Å². The summed E-state index contributed by atoms with van der Waals surface area (Å²) in [5.74, 6) is 0.789. The lowest BCUT2D eigenvalue weighted by atomic mass is 10.2. The van der Waals surface area contributed by atoms with Gasteiger partial charge >= 0.3 is 5.91 Å². The third-order valence-electron chi connectivity index (χ3n) is 4.72. The van der Waals surface area contributed by atoms with E-state index in [1.807, 2.05) is 25.1 Å². The molecule has 6 nitrogen and oxygen atoms in total. The highest BCUT2D eigenvalue weighted by atomic mass is 127. The van der Waals surface area contributed by atoms with Crippen molar-refractivity contribution in [2.45, 2.75) is 13.5 Å². The number of furan rings is 1. The first-order chi connectivity index (χ1) is 16.4. The standard InChI is InChI=1S/C25H19BrFIN2O4/c1-2-32-19-7-8-22-17(11-19)12-23(34-22)25(31)30-29-13-16-9-20(26)24(21(28)10-16)33-14-15-3-5-18(27)6-4-15/h3-13H,2,14H2,1H3,(H,30,31)/b29-13+. The largest absolute Gasteiger partial charge is 0.494 e. The molecular weight excluding hydrogens is 618 g/mol. The molecule has 4 rings (SSSR count). The summed E-state index contributed by atoms with van der Waals surface area (Å²) in [6.45, 7) is 2.77. The molecular formula is C25H19BrFIN2O4. The van der Waals surface area contributed by atoms with Crippen molar-refractivity contribution in [3.63, 3.8) is 0 Å². The van der Waals surface area contributed by atoms with Crippen LogP contribution in [-0.4, -0.2) is 18.7 Å². The SMILES string of the molecule is CCOc1ccc2oc(C(=O)N/N=C/c3cc(Br)c(OCc4ccc(F)cc4)c(I)c3)cc2c1. The fourth-order valence-electron chi connectivity index (χ4n) is 3.14. The van der Waals surface area contributed by atoms with Crippen molar-refractivity contribution in [2.24, 2.45) is 5.10 Å². The van der Waals surface area contributed by atoms with Crippen LogP contribution in [-0.2, 0) is 6.61 Å². The van der Waals surface area contributed by atoms with Crippen molar-refractivity contribution in [1.82, 2.24) is 5.43 Å². The van der Waals surface area contributed by atoms with E-state index in [2.05, 4.69) is 49.0 Å². The normalized spacial score (nSPS) is 11.2. The number of fused-ring (bicyclic) bond motifs is 1. The zero-order valence-electron chi connectivity index (χ0n) is 18.0. The monoisotopic (exact) mass is 636 g/mol. The smallest absolute Gasteiger partial charge is 0.307 e. The number of hydrogen-bond donors (Lipinski definition) is 1. The number of benzene rings is 3. The molecule has 0 radical (unpaired) electrons. The number of nitrogens with one attached hydrogen (secondary N) is 1. The molecule has 0 saturated heterocycles. The van der Waals surface area contributed by atoms with Gasteiger partial charge in [0.15, 0.2) is 5.76 Å². The minimum absolute atomic E-state index is 0.154. The number of carbonyl (C=O) groups excluding carboxylic acids is 1. The molecule has 0 bridgehead atoms. The average Bonchev–Trinajstić information content (AvgIpc) is 3.23. The van der Waals surface area contributed by atoms with Gasteiger partial charge in [0.1, 0.15) is 29.5 Å². The third kappa shape index (κ3) is 5.95. The molecule has 1 heterocycles. The van der Waals surface area contributed by atoms with Crippen molar-refractivity contribution in [3.8, 4) is 11.5 Å². The molecule has 0 aliphatic rings. The summed E-state index contributed by atoms with van der Waals surface area (Å²) in [5.41, 5.74) is 4.69. The predicted octanol–water partition coefficient (Wildman–Crippen LogP) is 6.68. The first-order valence-corrected chi connectivity index (χ1v) is 12.2. The van der Waals surface area contributed by atoms with Crippen LogP contribution in [0.15, 0.2) is 74.7 Å². The van der Waals surface area contributed by atoms with E-state index in [-0.39, 0.29) is 11.6 Å². The van der Waals surface area contributed by atoms with Gasteiger partial charge in [-0.15, -0.1) is 0 Å². The van der Waals surface area contributed by atoms with Crippen LogP contribution in [0.3, 0.4) is 0 Å². The highest BCUT2D eigenvalue weighted by Gasteiger charge is 2.13. The summed E-state index contributed by atoms with van der Waals surface area (Å²) in [5, 5.41) is 4.81. The highest BCUT2D eigenvalue weighted by Crippen LogP contribution is 2.32. The summed E-state index contributed by atoms with van der Waals surface area (Å²) >= 11 is 5.67. The molecule has 0 spiro atoms. The second-order valence-corrected chi connectivity index (χ2v) is 9.19. The highest BCUT2D eigenvalue weighted by molar-refractivity contribution is 14.1. The van der Waals surface area contributed by atoms with E-state index in [0.717, 1.165) is 24.6 Å². The molecule has 1 N–H and O–H groups in total. The quantitative estimate of drug-likeness (QED) is 0.133. The number of ether oxygens (including phenoxy) is 2. The van der Waals surface area contributed by atoms with Crippen LogP contribution in [0.25, 0.3) is 11.0 Å². The predicted molar refractivity (Wildman–Crippen MR) is 140 cm³/mol. The molecule has 9 heteroatoms. The maximum atomic E-state index is 13.1. The lowest BCUT2D eigenvalue weighted by molar-refractivity contribution is 0.0929. The molecule has 0 fully saturated rings. The summed E-state index contributed by atoms with van der Waals surface area (Å²) in [6, 6.07) is 16.9. The van der Waals surface area contributed by atoms with Gasteiger partial charge in [-0.2, -0.15) is 5.10 Å². The number of nitrogens with zero attached hydrogens (tertiary/aromatic N) is 1. The number of halogens is 3. The molecule has 0 aliphatic heterocycles. The maximum Gasteiger partial charge on any atom is 0.307 e. The summed E-state index contributed by atoms with van der Waals surface area (Å²) < 4.78 is 31.6. The number of hydrazone groups is 1. The van der Waals surface area contributed by atoms with E-state index in [1.54, 1.807) is 30.3 Å². The Morgan fingerprint density at radius 3 is 2.68 bits per heavy atom. The van der Waals surface area contributed by atoms with Gasteiger partial charge in [-0.25, -0.2) is 9.82 Å². The molecule has 0 aliphatic carbocycles. The van der Waals surface area contributed by atoms with Gasteiger partial charge in [-0.1, -0.05) is 12.1 Å². The van der Waals surface area contributed by atoms with Gasteiger partial charge in [0.2, 0.25) is 0 Å². The third-order valence-corrected chi connectivity index (χ3v) is 6.11. The Hall–Kier alpha value is -2.92. The summed E-state index contributed by atoms with van der Waals surface area (Å²) in [7, 11) is 0. The van der Waals surface area contributed by atoms with Crippen molar-refractivity contribution in [3.05, 3.63) is 91.4 Å². The fraction of sp³-hybridized carbons (Fsp3) is 0.120. The lowest BCUT2D eigenvalue weighted by Crippen LogP contribution is -2.16. The van der Waals surface area contributed by atoms with Crippen LogP contribution >= 0.6 is 38.5 Å². The van der Waals surface area contributed by atoms with E-state index >= 15 is 0 Å². The van der Waals surface area contributed by atoms with E-state index in [9.17, 15) is 9.18 Å². The van der Waals surface area contributed by atoms with Gasteiger partial charge in [0, 0.05) is 5.39 Å². The molecule has 4 aromatic rings. The lowest BCUT2D eigenvalue weighted by Gasteiger charge is -2.11. The molecule has 0 saturated carbocycles. The van der Waals surface area contributed by atoms with Crippen LogP contribution in [0.1, 0.15) is 28.6 Å². The van der Waals surface area contributed by atoms with Crippen molar-refractivity contribution in [1.29, 1.82) is 0 Å². The minimum Gasteiger partial charge on any atom is -0.494 e. The zero-order valence-corrected chi connectivity index (χ0v) is 21.7. The first-order valence-electron chi connectivity index (χ1n) is 10.3. The molecule has 174 valence electrons. The van der Waals surface area contributed by atoms with Gasteiger partial charge in [0.25, 0.3) is 0 Å². The average molecular weight is 637 g/mol. The summed E-state index contributed by atoms with van der Waals surface area (Å²) in [4.78, 5) is 12.4. The molecule has 1 aromatic heterocycles. The molecule has 3 aromatic carbocycles. The van der Waals surface area contributed by atoms with E-state index < -0.39 is 5.91 Å². The van der Waals surface area contributed by atoms with Crippen LogP contribution in [0, 0.1) is 9.39 Å². The van der Waals surface area contributed by atoms with Gasteiger partial charge < -0.3 is 13.9 Å². The van der Waals surface area contributed by atoms with E-state index in [4.69, 9.17) is 13.9 Å². The second-order valence-electron chi connectivity index (χ2n) is 7.17. The van der Waals surface area contributed by atoms with Gasteiger partial charge in [-0.3, -0.25) is 4.79 Å². The van der Waals surface area contributed by atoms with Crippen molar-refractivity contribution in [2.75, 3.05) is 6.61 Å². The van der Waals surface area contributed by atoms with Gasteiger partial charge in [-0.05, 0) is 105 Å². The molecule has 1 amide bonds. The Bertz CT molecular complexity index is 1330.